The molecule has 0 unspecified atom stereocenters. The van der Waals surface area contributed by atoms with E-state index in [0.29, 0.717) is 18.8 Å². The fourth-order valence-corrected chi connectivity index (χ4v) is 2.56. The molecule has 2 N–H and O–H groups in total. The van der Waals surface area contributed by atoms with Gasteiger partial charge in [0.25, 0.3) is 5.91 Å². The van der Waals surface area contributed by atoms with Crippen molar-refractivity contribution in [3.8, 4) is 0 Å². The van der Waals surface area contributed by atoms with Gasteiger partial charge in [-0.15, -0.1) is 0 Å². The molecule has 5 nitrogen and oxygen atoms in total. The number of para-hydroxylation sites is 1. The number of benzene rings is 1. The molecule has 1 saturated heterocycles. The van der Waals surface area contributed by atoms with Crippen LogP contribution in [0.4, 0.5) is 0 Å². The Kier molecular flexibility index (Phi) is 3.38. The minimum absolute atomic E-state index is 0.163. The van der Waals surface area contributed by atoms with Crippen molar-refractivity contribution in [1.29, 1.82) is 0 Å². The Hall–Kier alpha value is -1.98. The first kappa shape index (κ1) is 13.0. The first-order valence-corrected chi connectivity index (χ1v) is 6.68. The van der Waals surface area contributed by atoms with Gasteiger partial charge >= 0.3 is 0 Å². The van der Waals surface area contributed by atoms with E-state index in [9.17, 15) is 9.90 Å². The van der Waals surface area contributed by atoms with E-state index in [1.54, 1.807) is 18.0 Å². The highest BCUT2D eigenvalue weighted by molar-refractivity contribution is 5.95. The van der Waals surface area contributed by atoms with Crippen LogP contribution < -0.4 is 5.32 Å². The lowest BCUT2D eigenvalue weighted by atomic mass is 10.1. The van der Waals surface area contributed by atoms with E-state index in [-0.39, 0.29) is 11.9 Å². The summed E-state index contributed by atoms with van der Waals surface area (Å²) in [6, 6.07) is 11.1. The zero-order valence-corrected chi connectivity index (χ0v) is 11.3. The lowest BCUT2D eigenvalue weighted by molar-refractivity contribution is 0.0576. The van der Waals surface area contributed by atoms with Gasteiger partial charge in [0.05, 0.1) is 17.7 Å². The lowest BCUT2D eigenvalue weighted by Gasteiger charge is -2.26. The Morgan fingerprint density at radius 3 is 2.85 bits per heavy atom. The van der Waals surface area contributed by atoms with Gasteiger partial charge in [0.2, 0.25) is 0 Å². The average molecular weight is 271 g/mol. The Labute approximate surface area is 117 Å². The van der Waals surface area contributed by atoms with Crippen molar-refractivity contribution in [3.63, 3.8) is 0 Å². The van der Waals surface area contributed by atoms with Crippen LogP contribution in [-0.4, -0.2) is 53.2 Å². The smallest absolute Gasteiger partial charge is 0.272 e. The third-order valence-electron chi connectivity index (χ3n) is 3.79. The number of rotatable bonds is 2. The molecule has 2 aromatic rings. The van der Waals surface area contributed by atoms with E-state index in [1.807, 2.05) is 30.3 Å². The number of carbonyl (C=O) groups excluding carboxylic acids is 1. The van der Waals surface area contributed by atoms with Crippen LogP contribution in [0.15, 0.2) is 36.4 Å². The van der Waals surface area contributed by atoms with Crippen molar-refractivity contribution >= 4 is 16.8 Å². The number of hydrogen-bond acceptors (Lipinski definition) is 4. The zero-order valence-electron chi connectivity index (χ0n) is 11.3. The molecule has 0 saturated carbocycles. The van der Waals surface area contributed by atoms with Crippen LogP contribution in [0.25, 0.3) is 10.9 Å². The largest absolute Gasteiger partial charge is 0.390 e. The van der Waals surface area contributed by atoms with E-state index in [4.69, 9.17) is 0 Å². The fourth-order valence-electron chi connectivity index (χ4n) is 2.56. The molecular weight excluding hydrogens is 254 g/mol. The van der Waals surface area contributed by atoms with Crippen LogP contribution in [0.5, 0.6) is 0 Å². The summed E-state index contributed by atoms with van der Waals surface area (Å²) in [5.74, 6) is -0.163. The Morgan fingerprint density at radius 1 is 1.30 bits per heavy atom. The second-order valence-electron chi connectivity index (χ2n) is 5.10. The molecule has 1 aliphatic rings. The number of likely N-dealkylation sites (N-methyl/N-ethyl adjacent to an activating group) is 1. The summed E-state index contributed by atoms with van der Waals surface area (Å²) in [7, 11) is 1.71. The number of nitrogens with zero attached hydrogens (tertiary/aromatic N) is 2. The topological polar surface area (TPSA) is 65.5 Å². The summed E-state index contributed by atoms with van der Waals surface area (Å²) < 4.78 is 0. The number of carbonyl (C=O) groups is 1. The molecule has 3 rings (SSSR count). The summed E-state index contributed by atoms with van der Waals surface area (Å²) in [5, 5.41) is 13.9. The molecule has 104 valence electrons. The number of fused-ring (bicyclic) bond motifs is 1. The SMILES string of the molecule is CN(C(=O)c1ccc2ccccc2n1)[C@@H]1CNC[C@H]1O. The average Bonchev–Trinajstić information content (AvgIpc) is 2.91. The molecule has 2 heterocycles. The maximum atomic E-state index is 12.4. The van der Waals surface area contributed by atoms with Crippen molar-refractivity contribution < 1.29 is 9.90 Å². The molecule has 1 amide bonds. The summed E-state index contributed by atoms with van der Waals surface area (Å²) >= 11 is 0. The third kappa shape index (κ3) is 2.26. The van der Waals surface area contributed by atoms with Gasteiger partial charge < -0.3 is 15.3 Å². The van der Waals surface area contributed by atoms with E-state index < -0.39 is 6.10 Å². The van der Waals surface area contributed by atoms with Gasteiger partial charge in [0.1, 0.15) is 5.69 Å². The molecule has 0 spiro atoms. The van der Waals surface area contributed by atoms with E-state index in [2.05, 4.69) is 10.3 Å². The van der Waals surface area contributed by atoms with Gasteiger partial charge in [-0.3, -0.25) is 4.79 Å². The van der Waals surface area contributed by atoms with Gasteiger partial charge in [0, 0.05) is 25.5 Å². The molecule has 5 heteroatoms. The number of hydrogen-bond donors (Lipinski definition) is 2. The van der Waals surface area contributed by atoms with Crippen molar-refractivity contribution in [3.05, 3.63) is 42.1 Å². The molecule has 2 atom stereocenters. The maximum Gasteiger partial charge on any atom is 0.272 e. The van der Waals surface area contributed by atoms with Crippen molar-refractivity contribution in [1.82, 2.24) is 15.2 Å². The minimum Gasteiger partial charge on any atom is -0.390 e. The molecule has 1 fully saturated rings. The van der Waals surface area contributed by atoms with Crippen LogP contribution in [0.2, 0.25) is 0 Å². The summed E-state index contributed by atoms with van der Waals surface area (Å²) in [4.78, 5) is 18.4. The van der Waals surface area contributed by atoms with Crippen LogP contribution >= 0.6 is 0 Å². The third-order valence-corrected chi connectivity index (χ3v) is 3.79. The van der Waals surface area contributed by atoms with Crippen LogP contribution in [-0.2, 0) is 0 Å². The predicted octanol–water partition coefficient (Wildman–Crippen LogP) is 0.639. The molecule has 0 radical (unpaired) electrons. The first-order chi connectivity index (χ1) is 9.66. The lowest BCUT2D eigenvalue weighted by Crippen LogP contribution is -2.44. The molecule has 1 aromatic carbocycles. The number of pyridine rings is 1. The monoisotopic (exact) mass is 271 g/mol. The minimum atomic E-state index is -0.524. The van der Waals surface area contributed by atoms with Crippen molar-refractivity contribution in [2.75, 3.05) is 20.1 Å². The van der Waals surface area contributed by atoms with Gasteiger partial charge in [0.15, 0.2) is 0 Å². The predicted molar refractivity (Wildman–Crippen MR) is 76.5 cm³/mol. The second kappa shape index (κ2) is 5.19. The van der Waals surface area contributed by atoms with Crippen LogP contribution in [0, 0.1) is 0 Å². The Morgan fingerprint density at radius 2 is 2.10 bits per heavy atom. The van der Waals surface area contributed by atoms with E-state index in [1.165, 1.54) is 0 Å². The van der Waals surface area contributed by atoms with Gasteiger partial charge in [-0.2, -0.15) is 0 Å². The van der Waals surface area contributed by atoms with Crippen molar-refractivity contribution in [2.45, 2.75) is 12.1 Å². The van der Waals surface area contributed by atoms with E-state index in [0.717, 1.165) is 10.9 Å². The summed E-state index contributed by atoms with van der Waals surface area (Å²) in [6.07, 6.45) is -0.524. The van der Waals surface area contributed by atoms with Gasteiger partial charge in [-0.05, 0) is 12.1 Å². The van der Waals surface area contributed by atoms with Crippen LogP contribution in [0.1, 0.15) is 10.5 Å². The second-order valence-corrected chi connectivity index (χ2v) is 5.10. The number of aliphatic hydroxyl groups excluding tert-OH is 1. The standard InChI is InChI=1S/C15H17N3O2/c1-18(13-8-16-9-14(13)19)15(20)12-7-6-10-4-2-3-5-11(10)17-12/h2-7,13-14,16,19H,8-9H2,1H3/t13-,14-/m1/s1. The number of aliphatic hydroxyl groups is 1. The highest BCUT2D eigenvalue weighted by Crippen LogP contribution is 2.15. The molecular formula is C15H17N3O2. The van der Waals surface area contributed by atoms with Gasteiger partial charge in [-0.25, -0.2) is 4.98 Å². The van der Waals surface area contributed by atoms with E-state index >= 15 is 0 Å². The number of aromatic nitrogens is 1. The Bertz CT molecular complexity index is 644. The zero-order chi connectivity index (χ0) is 14.1. The van der Waals surface area contributed by atoms with Crippen LogP contribution in [0.3, 0.4) is 0 Å². The highest BCUT2D eigenvalue weighted by atomic mass is 16.3. The molecule has 0 aliphatic carbocycles. The quantitative estimate of drug-likeness (QED) is 0.841. The van der Waals surface area contributed by atoms with Crippen molar-refractivity contribution in [2.24, 2.45) is 0 Å². The molecule has 0 bridgehead atoms. The molecule has 1 aliphatic heterocycles. The normalized spacial score (nSPS) is 22.1. The summed E-state index contributed by atoms with van der Waals surface area (Å²) in [6.45, 7) is 1.13. The molecule has 1 aromatic heterocycles. The first-order valence-electron chi connectivity index (χ1n) is 6.68. The highest BCUT2D eigenvalue weighted by Gasteiger charge is 2.31. The van der Waals surface area contributed by atoms with Gasteiger partial charge in [-0.1, -0.05) is 24.3 Å². The number of β-amino-alcohol motifs (C(OH)–C–C–N with tert-alkyl or cyclic N) is 1. The molecule has 20 heavy (non-hydrogen) atoms. The summed E-state index contributed by atoms with van der Waals surface area (Å²) in [5.41, 5.74) is 1.21. The Balaban J connectivity index is 1.88. The maximum absolute atomic E-state index is 12.4. The number of nitrogens with one attached hydrogen (secondary N) is 1. The number of amides is 1. The fraction of sp³-hybridized carbons (Fsp3) is 0.333.